The molecule has 3 rings (SSSR count). The zero-order valence-corrected chi connectivity index (χ0v) is 18.6. The molecule has 162 valence electrons. The lowest BCUT2D eigenvalue weighted by Gasteiger charge is -2.32. The molecule has 0 atom stereocenters. The van der Waals surface area contributed by atoms with Crippen LogP contribution in [0.1, 0.15) is 21.5 Å². The summed E-state index contributed by atoms with van der Waals surface area (Å²) in [4.78, 5) is 17.3. The highest BCUT2D eigenvalue weighted by atomic mass is 32.2. The van der Waals surface area contributed by atoms with E-state index in [1.165, 1.54) is 6.07 Å². The second kappa shape index (κ2) is 9.59. The fraction of sp³-hybridized carbons (Fsp3) is 0.409. The van der Waals surface area contributed by atoms with Crippen molar-refractivity contribution in [3.8, 4) is 0 Å². The van der Waals surface area contributed by atoms with Crippen molar-refractivity contribution in [1.29, 1.82) is 0 Å². The number of hydrogen-bond acceptors (Lipinski definition) is 5. The molecule has 0 aliphatic carbocycles. The highest BCUT2D eigenvalue weighted by Crippen LogP contribution is 2.21. The molecule has 0 bridgehead atoms. The molecular formula is C22H30N4O3S. The van der Waals surface area contributed by atoms with Crippen LogP contribution in [0.3, 0.4) is 0 Å². The number of carbonyl (C=O) groups is 1. The molecule has 1 aliphatic rings. The molecule has 0 unspecified atom stereocenters. The number of piperazine rings is 1. The number of nitrogens with one attached hydrogen (secondary N) is 2. The fourth-order valence-electron chi connectivity index (χ4n) is 3.45. The first-order valence-electron chi connectivity index (χ1n) is 10.1. The number of sulfonamides is 1. The van der Waals surface area contributed by atoms with E-state index in [4.69, 9.17) is 0 Å². The molecule has 2 aromatic rings. The summed E-state index contributed by atoms with van der Waals surface area (Å²) in [7, 11) is -1.70. The number of aryl methyl sites for hydroxylation is 2. The van der Waals surface area contributed by atoms with E-state index in [9.17, 15) is 13.2 Å². The van der Waals surface area contributed by atoms with Crippen molar-refractivity contribution >= 4 is 21.6 Å². The van der Waals surface area contributed by atoms with Crippen molar-refractivity contribution in [3.63, 3.8) is 0 Å². The van der Waals surface area contributed by atoms with Crippen molar-refractivity contribution in [2.24, 2.45) is 0 Å². The first kappa shape index (κ1) is 22.3. The molecule has 1 amide bonds. The molecule has 2 aromatic carbocycles. The van der Waals surface area contributed by atoms with Gasteiger partial charge in [0.05, 0.1) is 4.90 Å². The van der Waals surface area contributed by atoms with Gasteiger partial charge in [-0.3, -0.25) is 14.4 Å². The minimum atomic E-state index is -3.80. The Morgan fingerprint density at radius 3 is 2.47 bits per heavy atom. The molecular weight excluding hydrogens is 400 g/mol. The van der Waals surface area contributed by atoms with Crippen LogP contribution in [-0.4, -0.2) is 70.4 Å². The van der Waals surface area contributed by atoms with Gasteiger partial charge in [-0.1, -0.05) is 18.2 Å². The summed E-state index contributed by atoms with van der Waals surface area (Å²) >= 11 is 0. The van der Waals surface area contributed by atoms with Crippen LogP contribution < -0.4 is 10.0 Å². The van der Waals surface area contributed by atoms with Gasteiger partial charge >= 0.3 is 0 Å². The van der Waals surface area contributed by atoms with Crippen molar-refractivity contribution in [3.05, 3.63) is 59.2 Å². The lowest BCUT2D eigenvalue weighted by molar-refractivity contribution is 0.0941. The van der Waals surface area contributed by atoms with Crippen LogP contribution in [0.25, 0.3) is 0 Å². The van der Waals surface area contributed by atoms with Gasteiger partial charge in [-0.05, 0) is 56.3 Å². The van der Waals surface area contributed by atoms with Gasteiger partial charge in [0, 0.05) is 50.5 Å². The Kier molecular flexibility index (Phi) is 7.12. The third-order valence-electron chi connectivity index (χ3n) is 5.32. The number of amides is 1. The van der Waals surface area contributed by atoms with E-state index in [1.54, 1.807) is 37.3 Å². The summed E-state index contributed by atoms with van der Waals surface area (Å²) in [5, 5.41) is 2.90. The summed E-state index contributed by atoms with van der Waals surface area (Å²) in [5.41, 5.74) is 2.38. The van der Waals surface area contributed by atoms with E-state index in [0.717, 1.165) is 38.3 Å². The largest absolute Gasteiger partial charge is 0.351 e. The maximum Gasteiger partial charge on any atom is 0.262 e. The normalized spacial score (nSPS) is 15.7. The Morgan fingerprint density at radius 1 is 1.03 bits per heavy atom. The van der Waals surface area contributed by atoms with E-state index in [-0.39, 0.29) is 10.8 Å². The molecule has 0 saturated carbocycles. The SMILES string of the molecule is Cc1cccc(NS(=O)(=O)c2cc(C(=O)NCCN3CCN(C)CC3)ccc2C)c1. The Morgan fingerprint density at radius 2 is 1.77 bits per heavy atom. The zero-order valence-electron chi connectivity index (χ0n) is 17.8. The first-order valence-corrected chi connectivity index (χ1v) is 11.6. The van der Waals surface area contributed by atoms with Crippen LogP contribution in [0.4, 0.5) is 5.69 Å². The average molecular weight is 431 g/mol. The third kappa shape index (κ3) is 5.81. The van der Waals surface area contributed by atoms with Gasteiger partial charge in [0.25, 0.3) is 15.9 Å². The molecule has 1 heterocycles. The van der Waals surface area contributed by atoms with E-state index >= 15 is 0 Å². The minimum Gasteiger partial charge on any atom is -0.351 e. The standard InChI is InChI=1S/C22H30N4O3S/c1-17-5-4-6-20(15-17)24-30(28,29)21-16-19(8-7-18(21)2)22(27)23-9-10-26-13-11-25(3)12-14-26/h4-8,15-16,24H,9-14H2,1-3H3,(H,23,27). The summed E-state index contributed by atoms with van der Waals surface area (Å²) in [6.07, 6.45) is 0. The number of rotatable bonds is 7. The maximum atomic E-state index is 12.9. The van der Waals surface area contributed by atoms with Gasteiger partial charge < -0.3 is 10.2 Å². The first-order chi connectivity index (χ1) is 14.2. The molecule has 2 N–H and O–H groups in total. The number of hydrogen-bond donors (Lipinski definition) is 2. The predicted molar refractivity (Wildman–Crippen MR) is 119 cm³/mol. The lowest BCUT2D eigenvalue weighted by Crippen LogP contribution is -2.46. The Balaban J connectivity index is 1.65. The van der Waals surface area contributed by atoms with Crippen LogP contribution in [0.15, 0.2) is 47.4 Å². The summed E-state index contributed by atoms with van der Waals surface area (Å²) in [6.45, 7) is 8.97. The van der Waals surface area contributed by atoms with Gasteiger partial charge in [-0.2, -0.15) is 0 Å². The summed E-state index contributed by atoms with van der Waals surface area (Å²) in [6, 6.07) is 11.9. The second-order valence-electron chi connectivity index (χ2n) is 7.86. The maximum absolute atomic E-state index is 12.9. The molecule has 1 saturated heterocycles. The molecule has 0 spiro atoms. The van der Waals surface area contributed by atoms with Gasteiger partial charge in [0.15, 0.2) is 0 Å². The number of nitrogens with zero attached hydrogens (tertiary/aromatic N) is 2. The van der Waals surface area contributed by atoms with E-state index in [2.05, 4.69) is 26.9 Å². The van der Waals surface area contributed by atoms with E-state index in [0.29, 0.717) is 23.4 Å². The van der Waals surface area contributed by atoms with Crippen LogP contribution >= 0.6 is 0 Å². The van der Waals surface area contributed by atoms with Gasteiger partial charge in [0.2, 0.25) is 0 Å². The highest BCUT2D eigenvalue weighted by Gasteiger charge is 2.20. The van der Waals surface area contributed by atoms with Crippen LogP contribution in [0.2, 0.25) is 0 Å². The van der Waals surface area contributed by atoms with Crippen molar-refractivity contribution in [2.45, 2.75) is 18.7 Å². The molecule has 8 heteroatoms. The predicted octanol–water partition coefficient (Wildman–Crippen LogP) is 2.08. The zero-order chi connectivity index (χ0) is 21.7. The Labute approximate surface area is 179 Å². The average Bonchev–Trinajstić information content (AvgIpc) is 2.69. The topological polar surface area (TPSA) is 81.7 Å². The molecule has 1 aliphatic heterocycles. The van der Waals surface area contributed by atoms with Crippen molar-refractivity contribution in [1.82, 2.24) is 15.1 Å². The van der Waals surface area contributed by atoms with Gasteiger partial charge in [-0.25, -0.2) is 8.42 Å². The van der Waals surface area contributed by atoms with Gasteiger partial charge in [-0.15, -0.1) is 0 Å². The van der Waals surface area contributed by atoms with E-state index < -0.39 is 10.0 Å². The fourth-order valence-corrected chi connectivity index (χ4v) is 4.77. The number of likely N-dealkylation sites (N-methyl/N-ethyl adjacent to an activating group) is 1. The molecule has 7 nitrogen and oxygen atoms in total. The van der Waals surface area contributed by atoms with Crippen LogP contribution in [-0.2, 0) is 10.0 Å². The smallest absolute Gasteiger partial charge is 0.262 e. The molecule has 0 radical (unpaired) electrons. The third-order valence-corrected chi connectivity index (χ3v) is 6.84. The lowest BCUT2D eigenvalue weighted by atomic mass is 10.1. The molecule has 0 aromatic heterocycles. The van der Waals surface area contributed by atoms with Crippen LogP contribution in [0.5, 0.6) is 0 Å². The quantitative estimate of drug-likeness (QED) is 0.703. The summed E-state index contributed by atoms with van der Waals surface area (Å²) < 4.78 is 28.4. The number of carbonyl (C=O) groups excluding carboxylic acids is 1. The Hall–Kier alpha value is -2.42. The molecule has 1 fully saturated rings. The Bertz CT molecular complexity index is 999. The second-order valence-corrected chi connectivity index (χ2v) is 9.51. The van der Waals surface area contributed by atoms with Crippen LogP contribution in [0, 0.1) is 13.8 Å². The highest BCUT2D eigenvalue weighted by molar-refractivity contribution is 7.92. The van der Waals surface area contributed by atoms with Crippen molar-refractivity contribution < 1.29 is 13.2 Å². The van der Waals surface area contributed by atoms with Gasteiger partial charge in [0.1, 0.15) is 0 Å². The molecule has 30 heavy (non-hydrogen) atoms. The number of benzene rings is 2. The minimum absolute atomic E-state index is 0.107. The van der Waals surface area contributed by atoms with Crippen molar-refractivity contribution in [2.75, 3.05) is 51.0 Å². The summed E-state index contributed by atoms with van der Waals surface area (Å²) in [5.74, 6) is -0.267. The number of anilines is 1. The monoisotopic (exact) mass is 430 g/mol. The van der Waals surface area contributed by atoms with E-state index in [1.807, 2.05) is 13.0 Å².